The molecule has 3 fully saturated rings. The van der Waals surface area contributed by atoms with Gasteiger partial charge in [-0.25, -0.2) is 0 Å². The molecule has 0 bridgehead atoms. The Hall–Kier alpha value is -0.420. The van der Waals surface area contributed by atoms with E-state index in [1.165, 1.54) is 56.4 Å². The standard InChI is InChI=1S/C24H41N5OS.HI/c1-25-23(26-18-20-8-6-12-28(2)22(20)21-9-7-17-31-21)27-19-24(10-4-3-5-11-24)29-13-15-30-16-14-29;/h7,9,17,20,22H,3-6,8,10-16,18-19H2,1-2H3,(H2,25,26,27);1H. The van der Waals surface area contributed by atoms with Gasteiger partial charge in [-0.3, -0.25) is 14.8 Å². The van der Waals surface area contributed by atoms with Gasteiger partial charge in [0.1, 0.15) is 0 Å². The molecule has 32 heavy (non-hydrogen) atoms. The van der Waals surface area contributed by atoms with E-state index in [4.69, 9.17) is 4.74 Å². The van der Waals surface area contributed by atoms with Crippen LogP contribution in [-0.4, -0.2) is 81.3 Å². The molecule has 2 unspecified atom stereocenters. The molecule has 2 aliphatic heterocycles. The molecule has 0 spiro atoms. The number of piperidine rings is 1. The quantitative estimate of drug-likeness (QED) is 0.306. The number of nitrogens with zero attached hydrogens (tertiary/aromatic N) is 3. The lowest BCUT2D eigenvalue weighted by Gasteiger charge is -2.48. The third kappa shape index (κ3) is 6.37. The molecule has 6 nitrogen and oxygen atoms in total. The zero-order valence-electron chi connectivity index (χ0n) is 19.9. The lowest BCUT2D eigenvalue weighted by molar-refractivity contribution is -0.0352. The number of thiophene rings is 1. The molecule has 0 radical (unpaired) electrons. The zero-order valence-corrected chi connectivity index (χ0v) is 23.0. The van der Waals surface area contributed by atoms with E-state index in [2.05, 4.69) is 50.0 Å². The van der Waals surface area contributed by atoms with Crippen molar-refractivity contribution in [3.05, 3.63) is 22.4 Å². The first-order chi connectivity index (χ1) is 15.2. The highest BCUT2D eigenvalue weighted by Crippen LogP contribution is 2.37. The number of halogens is 1. The normalized spacial score (nSPS) is 27.5. The van der Waals surface area contributed by atoms with E-state index in [0.29, 0.717) is 12.0 Å². The van der Waals surface area contributed by atoms with Crippen LogP contribution < -0.4 is 10.6 Å². The van der Waals surface area contributed by atoms with Crippen molar-refractivity contribution in [3.8, 4) is 0 Å². The fourth-order valence-corrected chi connectivity index (χ4v) is 6.91. The average Bonchev–Trinajstić information content (AvgIpc) is 3.35. The van der Waals surface area contributed by atoms with E-state index in [-0.39, 0.29) is 29.5 Å². The van der Waals surface area contributed by atoms with Gasteiger partial charge in [-0.1, -0.05) is 25.3 Å². The Morgan fingerprint density at radius 1 is 1.16 bits per heavy atom. The van der Waals surface area contributed by atoms with E-state index in [0.717, 1.165) is 45.4 Å². The molecule has 1 aromatic heterocycles. The Bertz CT molecular complexity index is 689. The Labute approximate surface area is 215 Å². The minimum atomic E-state index is 0. The lowest BCUT2D eigenvalue weighted by atomic mass is 9.80. The summed E-state index contributed by atoms with van der Waals surface area (Å²) >= 11 is 1.89. The maximum atomic E-state index is 5.64. The summed E-state index contributed by atoms with van der Waals surface area (Å²) in [6, 6.07) is 4.99. The van der Waals surface area contributed by atoms with Crippen molar-refractivity contribution in [3.63, 3.8) is 0 Å². The second kappa shape index (κ2) is 12.9. The maximum absolute atomic E-state index is 5.64. The van der Waals surface area contributed by atoms with Crippen LogP contribution in [0.4, 0.5) is 0 Å². The maximum Gasteiger partial charge on any atom is 0.191 e. The van der Waals surface area contributed by atoms with Gasteiger partial charge in [0, 0.05) is 49.7 Å². The smallest absolute Gasteiger partial charge is 0.191 e. The molecule has 0 aromatic carbocycles. The fraction of sp³-hybridized carbons (Fsp3) is 0.792. The summed E-state index contributed by atoms with van der Waals surface area (Å²) in [6.45, 7) is 6.99. The summed E-state index contributed by atoms with van der Waals surface area (Å²) in [7, 11) is 4.18. The second-order valence-corrected chi connectivity index (χ2v) is 10.5. The van der Waals surface area contributed by atoms with Crippen molar-refractivity contribution in [1.29, 1.82) is 0 Å². The summed E-state index contributed by atoms with van der Waals surface area (Å²) in [4.78, 5) is 11.3. The topological polar surface area (TPSA) is 52.1 Å². The zero-order chi connectivity index (χ0) is 21.5. The summed E-state index contributed by atoms with van der Waals surface area (Å²) in [6.07, 6.45) is 9.16. The van der Waals surface area contributed by atoms with Crippen molar-refractivity contribution >= 4 is 41.3 Å². The molecule has 1 aromatic rings. The first-order valence-corrected chi connectivity index (χ1v) is 13.1. The number of rotatable bonds is 6. The first kappa shape index (κ1) is 26.2. The van der Waals surface area contributed by atoms with Gasteiger partial charge in [-0.15, -0.1) is 35.3 Å². The van der Waals surface area contributed by atoms with Crippen LogP contribution in [0.5, 0.6) is 0 Å². The van der Waals surface area contributed by atoms with Gasteiger partial charge < -0.3 is 15.4 Å². The van der Waals surface area contributed by atoms with Crippen molar-refractivity contribution < 1.29 is 4.74 Å². The SMILES string of the molecule is CN=C(NCC1CCCN(C)C1c1cccs1)NCC1(N2CCOCC2)CCCCC1.I. The number of hydrogen-bond acceptors (Lipinski definition) is 5. The number of likely N-dealkylation sites (tertiary alicyclic amines) is 1. The fourth-order valence-electron chi connectivity index (χ4n) is 5.93. The monoisotopic (exact) mass is 575 g/mol. The van der Waals surface area contributed by atoms with Crippen molar-refractivity contribution in [2.24, 2.45) is 10.9 Å². The molecular formula is C24H42IN5OS. The molecule has 2 N–H and O–H groups in total. The largest absolute Gasteiger partial charge is 0.379 e. The molecule has 1 aliphatic carbocycles. The molecule has 1 saturated carbocycles. The number of nitrogens with one attached hydrogen (secondary N) is 2. The van der Waals surface area contributed by atoms with Gasteiger partial charge in [-0.05, 0) is 56.6 Å². The lowest BCUT2D eigenvalue weighted by Crippen LogP contribution is -2.60. The van der Waals surface area contributed by atoms with Crippen LogP contribution >= 0.6 is 35.3 Å². The van der Waals surface area contributed by atoms with Crippen LogP contribution in [0.3, 0.4) is 0 Å². The second-order valence-electron chi connectivity index (χ2n) is 9.53. The van der Waals surface area contributed by atoms with Crippen LogP contribution in [-0.2, 0) is 4.74 Å². The summed E-state index contributed by atoms with van der Waals surface area (Å²) in [5.74, 6) is 1.56. The van der Waals surface area contributed by atoms with E-state index in [1.807, 2.05) is 18.4 Å². The van der Waals surface area contributed by atoms with Gasteiger partial charge in [-0.2, -0.15) is 0 Å². The molecule has 182 valence electrons. The molecule has 3 aliphatic rings. The minimum absolute atomic E-state index is 0. The van der Waals surface area contributed by atoms with Crippen molar-refractivity contribution in [2.75, 3.05) is 60.0 Å². The molecule has 2 atom stereocenters. The molecule has 3 heterocycles. The molecular weight excluding hydrogens is 533 g/mol. The Balaban J connectivity index is 0.00000289. The Morgan fingerprint density at radius 2 is 1.94 bits per heavy atom. The van der Waals surface area contributed by atoms with Gasteiger partial charge in [0.25, 0.3) is 0 Å². The van der Waals surface area contributed by atoms with Crippen molar-refractivity contribution in [1.82, 2.24) is 20.4 Å². The Morgan fingerprint density at radius 3 is 2.62 bits per heavy atom. The van der Waals surface area contributed by atoms with Gasteiger partial charge in [0.2, 0.25) is 0 Å². The van der Waals surface area contributed by atoms with E-state index in [9.17, 15) is 0 Å². The van der Waals surface area contributed by atoms with Crippen molar-refractivity contribution in [2.45, 2.75) is 56.5 Å². The number of aliphatic imine (C=N–C) groups is 1. The third-order valence-corrected chi connectivity index (χ3v) is 8.59. The number of hydrogen-bond donors (Lipinski definition) is 2. The van der Waals surface area contributed by atoms with Crippen LogP contribution in [0, 0.1) is 5.92 Å². The van der Waals surface area contributed by atoms with Gasteiger partial charge in [0.15, 0.2) is 5.96 Å². The van der Waals surface area contributed by atoms with Gasteiger partial charge >= 0.3 is 0 Å². The van der Waals surface area contributed by atoms with Crippen LogP contribution in [0.15, 0.2) is 22.5 Å². The summed E-state index contributed by atoms with van der Waals surface area (Å²) < 4.78 is 5.64. The minimum Gasteiger partial charge on any atom is -0.379 e. The predicted molar refractivity (Wildman–Crippen MR) is 145 cm³/mol. The van der Waals surface area contributed by atoms with E-state index >= 15 is 0 Å². The van der Waals surface area contributed by atoms with Crippen LogP contribution in [0.25, 0.3) is 0 Å². The van der Waals surface area contributed by atoms with Crippen LogP contribution in [0.2, 0.25) is 0 Å². The molecule has 0 amide bonds. The summed E-state index contributed by atoms with van der Waals surface area (Å²) in [5, 5.41) is 9.61. The molecule has 8 heteroatoms. The Kier molecular flexibility index (Phi) is 10.5. The number of ether oxygens (including phenoxy) is 1. The third-order valence-electron chi connectivity index (χ3n) is 7.65. The van der Waals surface area contributed by atoms with E-state index < -0.39 is 0 Å². The van der Waals surface area contributed by atoms with E-state index in [1.54, 1.807) is 0 Å². The highest BCUT2D eigenvalue weighted by molar-refractivity contribution is 14.0. The number of guanidine groups is 1. The highest BCUT2D eigenvalue weighted by Gasteiger charge is 2.39. The average molecular weight is 576 g/mol. The highest BCUT2D eigenvalue weighted by atomic mass is 127. The molecule has 2 saturated heterocycles. The first-order valence-electron chi connectivity index (χ1n) is 12.2. The van der Waals surface area contributed by atoms with Crippen LogP contribution in [0.1, 0.15) is 55.9 Å². The summed E-state index contributed by atoms with van der Waals surface area (Å²) in [5.41, 5.74) is 0.254. The number of morpholine rings is 1. The predicted octanol–water partition coefficient (Wildman–Crippen LogP) is 3.95. The van der Waals surface area contributed by atoms with Gasteiger partial charge in [0.05, 0.1) is 13.2 Å². The molecule has 4 rings (SSSR count).